The zero-order valence-electron chi connectivity index (χ0n) is 42.9. The fraction of sp³-hybridized carbons (Fsp3) is 0.885. The van der Waals surface area contributed by atoms with Crippen LogP contribution in [-0.4, -0.2) is 103 Å². The van der Waals surface area contributed by atoms with Crippen LogP contribution in [0.25, 0.3) is 0 Å². The molecule has 0 aromatic rings. The number of nitrogens with zero attached hydrogens (tertiary/aromatic N) is 2. The zero-order valence-corrected chi connectivity index (χ0v) is 42.9. The number of carbonyl (C=O) groups excluding carboxylic acids is 6. The number of carbonyl (C=O) groups is 6. The number of ketones is 1. The summed E-state index contributed by atoms with van der Waals surface area (Å²) in [4.78, 5) is 83.3. The monoisotopic (exact) mass is 911 g/mol. The summed E-state index contributed by atoms with van der Waals surface area (Å²) in [5.41, 5.74) is 5.33. The van der Waals surface area contributed by atoms with E-state index in [1.807, 2.05) is 41.5 Å². The van der Waals surface area contributed by atoms with Gasteiger partial charge >= 0.3 is 18.0 Å². The van der Waals surface area contributed by atoms with Crippen LogP contribution in [-0.2, 0) is 38.2 Å². The molecule has 65 heavy (non-hydrogen) atoms. The standard InChI is InChI=1S/C33H54N2O6.C19H32N2O3/c1-29(2,3)22(18-24(36)25(21-14-11-10-12-15-21)34-28(39)41-30(4,5)6)26(37)35-20-33(19-23(35)27(38)40-9)31(7,8)32(33)16-13-17-32;1-16(2,3)13(20)14(22)21-11-19(10-12(21)15(23)24-6)17(4,5)18(19)8-7-9-18/h21-23,25H,10-20H2,1-9H3,(H,34,39);12-13H,7-11,20H2,1-6H3/t22-,23+,25+,33-;12-,13+,19+/m10/s1. The second-order valence-corrected chi connectivity index (χ2v) is 25.7. The average molecular weight is 911 g/mol. The Bertz CT molecular complexity index is 1870. The number of Topliss-reactive ketones (excluding diaryl/α,β-unsaturated/α-hetero) is 1. The molecule has 5 saturated carbocycles. The number of hydrogen-bond acceptors (Lipinski definition) is 10. The lowest BCUT2D eigenvalue weighted by molar-refractivity contribution is -0.154. The van der Waals surface area contributed by atoms with Crippen LogP contribution in [0.1, 0.15) is 180 Å². The summed E-state index contributed by atoms with van der Waals surface area (Å²) in [6.45, 7) is 27.6. The van der Waals surface area contributed by atoms with E-state index >= 15 is 0 Å². The molecule has 368 valence electrons. The summed E-state index contributed by atoms with van der Waals surface area (Å²) in [6.07, 6.45) is 12.7. The highest BCUT2D eigenvalue weighted by Gasteiger charge is 2.86. The molecular weight excluding hydrogens is 825 g/mol. The van der Waals surface area contributed by atoms with Crippen molar-refractivity contribution in [3.05, 3.63) is 0 Å². The lowest BCUT2D eigenvalue weighted by Gasteiger charge is -2.37. The summed E-state index contributed by atoms with van der Waals surface area (Å²) < 4.78 is 15.7. The first-order chi connectivity index (χ1) is 29.9. The lowest BCUT2D eigenvalue weighted by atomic mass is 9.73. The first kappa shape index (κ1) is 51.2. The third-order valence-electron chi connectivity index (χ3n) is 19.2. The van der Waals surface area contributed by atoms with Crippen LogP contribution < -0.4 is 11.1 Å². The molecular formula is C52H86N4O9. The Morgan fingerprint density at radius 1 is 0.631 bits per heavy atom. The van der Waals surface area contributed by atoms with Crippen molar-refractivity contribution < 1.29 is 43.0 Å². The third-order valence-corrected chi connectivity index (χ3v) is 19.2. The van der Waals surface area contributed by atoms with E-state index in [-0.39, 0.29) is 74.4 Å². The van der Waals surface area contributed by atoms with Crippen LogP contribution in [0, 0.1) is 55.2 Å². The molecule has 2 heterocycles. The molecule has 0 unspecified atom stereocenters. The zero-order chi connectivity index (χ0) is 48.7. The number of fused-ring (bicyclic) bond motifs is 2. The predicted molar refractivity (Wildman–Crippen MR) is 249 cm³/mol. The minimum atomic E-state index is -0.704. The highest BCUT2D eigenvalue weighted by Crippen LogP contribution is 2.89. The molecule has 4 spiro atoms. The summed E-state index contributed by atoms with van der Waals surface area (Å²) in [5.74, 6) is -1.72. The largest absolute Gasteiger partial charge is 0.467 e. The molecule has 7 rings (SSSR count). The minimum absolute atomic E-state index is 0.00518. The first-order valence-corrected chi connectivity index (χ1v) is 24.9. The Balaban J connectivity index is 0.000000247. The Hall–Kier alpha value is -3.22. The van der Waals surface area contributed by atoms with E-state index in [1.165, 1.54) is 39.9 Å². The molecule has 7 aliphatic rings. The number of nitrogens with one attached hydrogen (secondary N) is 1. The normalized spacial score (nSPS) is 30.6. The number of alkyl carbamates (subject to hydrolysis) is 1. The molecule has 2 saturated heterocycles. The third kappa shape index (κ3) is 8.23. The van der Waals surface area contributed by atoms with Crippen molar-refractivity contribution in [3.8, 4) is 0 Å². The molecule has 7 atom stereocenters. The fourth-order valence-electron chi connectivity index (χ4n) is 14.6. The van der Waals surface area contributed by atoms with E-state index in [4.69, 9.17) is 19.9 Å². The van der Waals surface area contributed by atoms with Crippen LogP contribution in [0.2, 0.25) is 0 Å². The number of hydrogen-bond donors (Lipinski definition) is 2. The van der Waals surface area contributed by atoms with Gasteiger partial charge in [-0.15, -0.1) is 0 Å². The number of methoxy groups -OCH3 is 2. The van der Waals surface area contributed by atoms with E-state index in [1.54, 1.807) is 30.6 Å². The van der Waals surface area contributed by atoms with Gasteiger partial charge in [-0.05, 0) is 111 Å². The maximum absolute atomic E-state index is 14.5. The smallest absolute Gasteiger partial charge is 0.408 e. The molecule has 0 aromatic carbocycles. The highest BCUT2D eigenvalue weighted by molar-refractivity contribution is 5.94. The predicted octanol–water partition coefficient (Wildman–Crippen LogP) is 8.38. The summed E-state index contributed by atoms with van der Waals surface area (Å²) in [5, 5.41) is 2.89. The van der Waals surface area contributed by atoms with Gasteiger partial charge in [-0.2, -0.15) is 0 Å². The van der Waals surface area contributed by atoms with Gasteiger partial charge in [0.05, 0.1) is 26.3 Å². The maximum atomic E-state index is 14.5. The fourth-order valence-corrected chi connectivity index (χ4v) is 14.6. The molecule has 0 radical (unpaired) electrons. The summed E-state index contributed by atoms with van der Waals surface area (Å²) >= 11 is 0. The van der Waals surface area contributed by atoms with Crippen molar-refractivity contribution in [3.63, 3.8) is 0 Å². The molecule has 2 aliphatic heterocycles. The Labute approximate surface area is 390 Å². The number of amides is 3. The number of likely N-dealkylation sites (tertiary alicyclic amines) is 2. The van der Waals surface area contributed by atoms with Crippen molar-refractivity contribution in [2.75, 3.05) is 27.3 Å². The lowest BCUT2D eigenvalue weighted by Crippen LogP contribution is -2.53. The Morgan fingerprint density at radius 2 is 1.06 bits per heavy atom. The van der Waals surface area contributed by atoms with Crippen LogP contribution >= 0.6 is 0 Å². The molecule has 13 heteroatoms. The van der Waals surface area contributed by atoms with Crippen LogP contribution in [0.15, 0.2) is 0 Å². The SMILES string of the molecule is COC(=O)[C@@H]1C[C@@]2(CN1C(=O)[C@@H](CC(=O)[C@@H](NC(=O)OC(C)(C)C)C1CCCCC1)C(C)(C)C)C(C)(C)C21CCC1.COC(=O)[C@@H]1C[C@@]2(CN1C(=O)[C@@H](N)C(C)(C)C)C(C)(C)C21CCC1. The van der Waals surface area contributed by atoms with Gasteiger partial charge in [0, 0.05) is 36.3 Å². The van der Waals surface area contributed by atoms with Crippen molar-refractivity contribution in [2.24, 2.45) is 60.9 Å². The van der Waals surface area contributed by atoms with E-state index in [0.717, 1.165) is 51.4 Å². The van der Waals surface area contributed by atoms with E-state index in [0.29, 0.717) is 24.9 Å². The Kier molecular flexibility index (Phi) is 13.4. The van der Waals surface area contributed by atoms with Gasteiger partial charge in [0.2, 0.25) is 11.8 Å². The minimum Gasteiger partial charge on any atom is -0.467 e. The number of rotatable bonds is 9. The van der Waals surface area contributed by atoms with Gasteiger partial charge in [-0.1, -0.05) is 101 Å². The maximum Gasteiger partial charge on any atom is 0.408 e. The van der Waals surface area contributed by atoms with Gasteiger partial charge in [0.15, 0.2) is 5.78 Å². The number of esters is 2. The molecule has 13 nitrogen and oxygen atoms in total. The second kappa shape index (κ2) is 17.1. The number of nitrogens with two attached hydrogens (primary N) is 1. The van der Waals surface area contributed by atoms with Crippen molar-refractivity contribution in [1.82, 2.24) is 15.1 Å². The summed E-state index contributed by atoms with van der Waals surface area (Å²) in [6, 6.07) is -2.44. The molecule has 3 amide bonds. The first-order valence-electron chi connectivity index (χ1n) is 24.9. The van der Waals surface area contributed by atoms with Gasteiger partial charge in [-0.25, -0.2) is 14.4 Å². The van der Waals surface area contributed by atoms with Crippen LogP contribution in [0.3, 0.4) is 0 Å². The topological polar surface area (TPSA) is 175 Å². The van der Waals surface area contributed by atoms with Gasteiger partial charge in [0.1, 0.15) is 17.7 Å². The van der Waals surface area contributed by atoms with Gasteiger partial charge in [-0.3, -0.25) is 14.4 Å². The Morgan fingerprint density at radius 3 is 1.40 bits per heavy atom. The molecule has 0 bridgehead atoms. The quantitative estimate of drug-likeness (QED) is 0.169. The second-order valence-electron chi connectivity index (χ2n) is 25.7. The van der Waals surface area contributed by atoms with E-state index in [2.05, 4.69) is 33.0 Å². The van der Waals surface area contributed by atoms with Crippen molar-refractivity contribution >= 4 is 35.6 Å². The van der Waals surface area contributed by atoms with E-state index < -0.39 is 47.2 Å². The molecule has 5 aliphatic carbocycles. The van der Waals surface area contributed by atoms with Crippen LogP contribution in [0.5, 0.6) is 0 Å². The molecule has 7 fully saturated rings. The van der Waals surface area contributed by atoms with Gasteiger partial charge in [0.25, 0.3) is 0 Å². The highest BCUT2D eigenvalue weighted by atomic mass is 16.6. The van der Waals surface area contributed by atoms with Crippen LogP contribution in [0.4, 0.5) is 4.79 Å². The van der Waals surface area contributed by atoms with Gasteiger partial charge < -0.3 is 35.1 Å². The van der Waals surface area contributed by atoms with Crippen molar-refractivity contribution in [1.29, 1.82) is 0 Å². The van der Waals surface area contributed by atoms with E-state index in [9.17, 15) is 28.8 Å². The average Bonchev–Trinajstić information content (AvgIpc) is 3.51. The summed E-state index contributed by atoms with van der Waals surface area (Å²) in [7, 11) is 2.78. The van der Waals surface area contributed by atoms with Crippen molar-refractivity contribution in [2.45, 2.75) is 210 Å². The molecule has 3 N–H and O–H groups in total. The number of ether oxygens (including phenoxy) is 3. The molecule has 0 aromatic heterocycles.